The summed E-state index contributed by atoms with van der Waals surface area (Å²) in [4.78, 5) is 4.14. The number of hydrogen-bond donors (Lipinski definition) is 0. The number of ether oxygens (including phenoxy) is 1. The molecule has 0 spiro atoms. The molecule has 0 saturated heterocycles. The van der Waals surface area contributed by atoms with Gasteiger partial charge in [0.15, 0.2) is 0 Å². The number of nitrogens with zero attached hydrogens (tertiary/aromatic N) is 1. The van der Waals surface area contributed by atoms with Crippen LogP contribution in [-0.2, 0) is 18.0 Å². The molecule has 3 heteroatoms. The first-order valence-electron chi connectivity index (χ1n) is 4.45. The van der Waals surface area contributed by atoms with Gasteiger partial charge in [-0.15, -0.1) is 11.3 Å². The number of benzene rings is 1. The first-order valence-corrected chi connectivity index (χ1v) is 5.33. The second-order valence-corrected chi connectivity index (χ2v) is 3.88. The van der Waals surface area contributed by atoms with Crippen LogP contribution in [0.4, 0.5) is 0 Å². The standard InChI is InChI=1S/C11H11NOS/c1-2-4-10(5-3-1)8-13-9-11-12-6-7-14-11/h1-7H,8-9H2. The molecule has 2 nitrogen and oxygen atoms in total. The van der Waals surface area contributed by atoms with Gasteiger partial charge < -0.3 is 4.74 Å². The first-order chi connectivity index (χ1) is 6.95. The summed E-state index contributed by atoms with van der Waals surface area (Å²) in [7, 11) is 0. The molecule has 2 aromatic rings. The molecule has 0 aliphatic rings. The Morgan fingerprint density at radius 1 is 1.14 bits per heavy atom. The highest BCUT2D eigenvalue weighted by Gasteiger charge is 1.95. The first kappa shape index (κ1) is 9.37. The topological polar surface area (TPSA) is 22.1 Å². The summed E-state index contributed by atoms with van der Waals surface area (Å²) in [5, 5.41) is 2.99. The Labute approximate surface area is 87.2 Å². The van der Waals surface area contributed by atoms with E-state index >= 15 is 0 Å². The van der Waals surface area contributed by atoms with E-state index < -0.39 is 0 Å². The van der Waals surface area contributed by atoms with Crippen molar-refractivity contribution in [1.82, 2.24) is 4.98 Å². The third kappa shape index (κ3) is 2.65. The van der Waals surface area contributed by atoms with E-state index in [-0.39, 0.29) is 0 Å². The molecule has 0 atom stereocenters. The minimum atomic E-state index is 0.604. The minimum absolute atomic E-state index is 0.604. The molecule has 1 aromatic carbocycles. The van der Waals surface area contributed by atoms with Gasteiger partial charge >= 0.3 is 0 Å². The molecule has 1 aromatic heterocycles. The van der Waals surface area contributed by atoms with E-state index in [1.54, 1.807) is 17.5 Å². The molecule has 0 fully saturated rings. The minimum Gasteiger partial charge on any atom is -0.370 e. The molecule has 72 valence electrons. The summed E-state index contributed by atoms with van der Waals surface area (Å²) in [6, 6.07) is 10.2. The van der Waals surface area contributed by atoms with Gasteiger partial charge in [-0.2, -0.15) is 0 Å². The van der Waals surface area contributed by atoms with Gasteiger partial charge in [-0.25, -0.2) is 4.98 Å². The van der Waals surface area contributed by atoms with Crippen molar-refractivity contribution in [1.29, 1.82) is 0 Å². The van der Waals surface area contributed by atoms with Crippen LogP contribution in [-0.4, -0.2) is 4.98 Å². The highest BCUT2D eigenvalue weighted by Crippen LogP contribution is 2.07. The summed E-state index contributed by atoms with van der Waals surface area (Å²) in [5.41, 5.74) is 1.20. The van der Waals surface area contributed by atoms with Gasteiger partial charge in [0.05, 0.1) is 13.2 Å². The summed E-state index contributed by atoms with van der Waals surface area (Å²) in [6.07, 6.45) is 1.80. The fraction of sp³-hybridized carbons (Fsp3) is 0.182. The zero-order valence-electron chi connectivity index (χ0n) is 7.72. The maximum Gasteiger partial charge on any atom is 0.118 e. The molecule has 0 radical (unpaired) electrons. The van der Waals surface area contributed by atoms with E-state index in [1.807, 2.05) is 23.6 Å². The number of hydrogen-bond acceptors (Lipinski definition) is 3. The number of aromatic nitrogens is 1. The fourth-order valence-corrected chi connectivity index (χ4v) is 1.71. The molecule has 2 rings (SSSR count). The summed E-state index contributed by atoms with van der Waals surface area (Å²) in [6.45, 7) is 1.26. The average molecular weight is 205 g/mol. The van der Waals surface area contributed by atoms with Crippen molar-refractivity contribution in [2.75, 3.05) is 0 Å². The molecular weight excluding hydrogens is 194 g/mol. The van der Waals surface area contributed by atoms with Crippen molar-refractivity contribution in [3.05, 3.63) is 52.5 Å². The van der Waals surface area contributed by atoms with E-state index in [9.17, 15) is 0 Å². The highest BCUT2D eigenvalue weighted by molar-refractivity contribution is 7.09. The molecule has 0 aliphatic carbocycles. The van der Waals surface area contributed by atoms with Crippen LogP contribution in [0.25, 0.3) is 0 Å². The molecular formula is C11H11NOS. The molecule has 0 bridgehead atoms. The molecule has 0 N–H and O–H groups in total. The molecule has 0 unspecified atom stereocenters. The van der Waals surface area contributed by atoms with Crippen LogP contribution in [0.1, 0.15) is 10.6 Å². The third-order valence-electron chi connectivity index (χ3n) is 1.82. The molecule has 0 aliphatic heterocycles. The Hall–Kier alpha value is -1.19. The van der Waals surface area contributed by atoms with Crippen molar-refractivity contribution in [2.24, 2.45) is 0 Å². The van der Waals surface area contributed by atoms with Gasteiger partial charge in [0.2, 0.25) is 0 Å². The summed E-state index contributed by atoms with van der Waals surface area (Å²) < 4.78 is 5.51. The fourth-order valence-electron chi connectivity index (χ4n) is 1.15. The Kier molecular flexibility index (Phi) is 3.27. The van der Waals surface area contributed by atoms with Crippen molar-refractivity contribution in [3.8, 4) is 0 Å². The van der Waals surface area contributed by atoms with Crippen molar-refractivity contribution in [3.63, 3.8) is 0 Å². The Balaban J connectivity index is 1.79. The lowest BCUT2D eigenvalue weighted by Gasteiger charge is -2.01. The van der Waals surface area contributed by atoms with E-state index in [1.165, 1.54) is 5.56 Å². The van der Waals surface area contributed by atoms with Gasteiger partial charge in [-0.05, 0) is 5.56 Å². The highest BCUT2D eigenvalue weighted by atomic mass is 32.1. The average Bonchev–Trinajstić information content (AvgIpc) is 2.72. The molecule has 14 heavy (non-hydrogen) atoms. The summed E-state index contributed by atoms with van der Waals surface area (Å²) >= 11 is 1.62. The van der Waals surface area contributed by atoms with E-state index in [0.29, 0.717) is 13.2 Å². The van der Waals surface area contributed by atoms with Crippen LogP contribution < -0.4 is 0 Å². The van der Waals surface area contributed by atoms with E-state index in [2.05, 4.69) is 17.1 Å². The van der Waals surface area contributed by atoms with Crippen LogP contribution in [0.5, 0.6) is 0 Å². The Morgan fingerprint density at radius 2 is 2.00 bits per heavy atom. The number of rotatable bonds is 4. The third-order valence-corrected chi connectivity index (χ3v) is 2.57. The molecule has 0 amide bonds. The zero-order chi connectivity index (χ0) is 9.64. The van der Waals surface area contributed by atoms with Gasteiger partial charge in [0, 0.05) is 11.6 Å². The SMILES string of the molecule is c1ccc(COCc2nccs2)cc1. The van der Waals surface area contributed by atoms with Gasteiger partial charge in [-0.1, -0.05) is 30.3 Å². The predicted octanol–water partition coefficient (Wildman–Crippen LogP) is 2.86. The second kappa shape index (κ2) is 4.88. The Bertz CT molecular complexity index is 358. The lowest BCUT2D eigenvalue weighted by atomic mass is 10.2. The number of thiazole rings is 1. The predicted molar refractivity (Wildman–Crippen MR) is 57.0 cm³/mol. The van der Waals surface area contributed by atoms with E-state index in [4.69, 9.17) is 4.74 Å². The lowest BCUT2D eigenvalue weighted by molar-refractivity contribution is 0.107. The van der Waals surface area contributed by atoms with Crippen LogP contribution in [0.2, 0.25) is 0 Å². The van der Waals surface area contributed by atoms with E-state index in [0.717, 1.165) is 5.01 Å². The van der Waals surface area contributed by atoms with Gasteiger partial charge in [-0.3, -0.25) is 0 Å². The van der Waals surface area contributed by atoms with Crippen LogP contribution in [0, 0.1) is 0 Å². The largest absolute Gasteiger partial charge is 0.370 e. The molecule has 1 heterocycles. The second-order valence-electron chi connectivity index (χ2n) is 2.90. The van der Waals surface area contributed by atoms with Crippen LogP contribution in [0.3, 0.4) is 0 Å². The van der Waals surface area contributed by atoms with Crippen LogP contribution >= 0.6 is 11.3 Å². The Morgan fingerprint density at radius 3 is 2.71 bits per heavy atom. The molecule has 0 saturated carbocycles. The quantitative estimate of drug-likeness (QED) is 0.765. The van der Waals surface area contributed by atoms with Gasteiger partial charge in [0.1, 0.15) is 5.01 Å². The smallest absolute Gasteiger partial charge is 0.118 e. The van der Waals surface area contributed by atoms with Crippen molar-refractivity contribution >= 4 is 11.3 Å². The van der Waals surface area contributed by atoms with Crippen LogP contribution in [0.15, 0.2) is 41.9 Å². The summed E-state index contributed by atoms with van der Waals surface area (Å²) in [5.74, 6) is 0. The zero-order valence-corrected chi connectivity index (χ0v) is 8.54. The van der Waals surface area contributed by atoms with Gasteiger partial charge in [0.25, 0.3) is 0 Å². The lowest BCUT2D eigenvalue weighted by Crippen LogP contribution is -1.92. The normalized spacial score (nSPS) is 10.3. The van der Waals surface area contributed by atoms with Crippen molar-refractivity contribution in [2.45, 2.75) is 13.2 Å². The van der Waals surface area contributed by atoms with Crippen molar-refractivity contribution < 1.29 is 4.74 Å². The monoisotopic (exact) mass is 205 g/mol. The maximum atomic E-state index is 5.51. The maximum absolute atomic E-state index is 5.51.